The monoisotopic (exact) mass is 350 g/mol. The van der Waals surface area contributed by atoms with E-state index in [4.69, 9.17) is 4.74 Å². The summed E-state index contributed by atoms with van der Waals surface area (Å²) in [5.74, 6) is 0.202. The molecule has 3 N–H and O–H groups in total. The fourth-order valence-electron chi connectivity index (χ4n) is 1.86. The van der Waals surface area contributed by atoms with E-state index < -0.39 is 5.97 Å². The van der Waals surface area contributed by atoms with Crippen LogP contribution in [0.5, 0.6) is 5.75 Å². The lowest BCUT2D eigenvalue weighted by Gasteiger charge is -2.09. The zero-order valence-corrected chi connectivity index (χ0v) is 13.4. The highest BCUT2D eigenvalue weighted by atomic mass is 79.9. The second kappa shape index (κ2) is 7.24. The number of esters is 1. The van der Waals surface area contributed by atoms with Crippen LogP contribution in [-0.2, 0) is 16.1 Å². The molecule has 0 fully saturated rings. The first-order chi connectivity index (χ1) is 10.1. The highest BCUT2D eigenvalue weighted by Crippen LogP contribution is 2.30. The van der Waals surface area contributed by atoms with E-state index in [2.05, 4.69) is 50.7 Å². The lowest BCUT2D eigenvalue weighted by Crippen LogP contribution is -2.47. The molecule has 0 radical (unpaired) electrons. The van der Waals surface area contributed by atoms with Gasteiger partial charge in [-0.15, -0.1) is 0 Å². The van der Waals surface area contributed by atoms with Crippen molar-refractivity contribution in [2.24, 2.45) is 0 Å². The summed E-state index contributed by atoms with van der Waals surface area (Å²) in [6, 6.07) is 14.0. The number of rotatable bonds is 5. The summed E-state index contributed by atoms with van der Waals surface area (Å²) in [7, 11) is 1.33. The van der Waals surface area contributed by atoms with Crippen LogP contribution < -0.4 is 10.5 Å². The van der Waals surface area contributed by atoms with Gasteiger partial charge in [0.15, 0.2) is 6.61 Å². The maximum atomic E-state index is 11.1. The van der Waals surface area contributed by atoms with Crippen molar-refractivity contribution in [3.63, 3.8) is 0 Å². The molecule has 0 atom stereocenters. The average molecular weight is 351 g/mol. The second-order valence-corrected chi connectivity index (χ2v) is 5.31. The third-order valence-electron chi connectivity index (χ3n) is 3.08. The number of halogens is 1. The summed E-state index contributed by atoms with van der Waals surface area (Å²) in [6.45, 7) is 0.678. The van der Waals surface area contributed by atoms with Crippen molar-refractivity contribution in [1.82, 2.24) is 0 Å². The minimum absolute atomic E-state index is 0.105. The Kier molecular flexibility index (Phi) is 5.36. The van der Waals surface area contributed by atoms with Crippen LogP contribution in [0.15, 0.2) is 46.9 Å². The quantitative estimate of drug-likeness (QED) is 0.842. The first kappa shape index (κ1) is 15.5. The normalized spacial score (nSPS) is 10.2. The number of quaternary nitrogens is 1. The number of carbonyl (C=O) groups excluding carboxylic acids is 1. The van der Waals surface area contributed by atoms with E-state index in [0.29, 0.717) is 5.75 Å². The van der Waals surface area contributed by atoms with Gasteiger partial charge in [0.05, 0.1) is 18.1 Å². The van der Waals surface area contributed by atoms with Gasteiger partial charge in [-0.2, -0.15) is 0 Å². The summed E-state index contributed by atoms with van der Waals surface area (Å²) in [6.07, 6.45) is 0. The first-order valence-corrected chi connectivity index (χ1v) is 7.31. The molecular formula is C16H17BrNO3+. The molecule has 0 aromatic heterocycles. The van der Waals surface area contributed by atoms with Crippen LogP contribution >= 0.6 is 15.9 Å². The van der Waals surface area contributed by atoms with E-state index in [9.17, 15) is 4.79 Å². The highest BCUT2D eigenvalue weighted by molar-refractivity contribution is 9.10. The van der Waals surface area contributed by atoms with E-state index in [1.165, 1.54) is 12.7 Å². The molecule has 0 amide bonds. The number of carbonyl (C=O) groups is 1. The van der Waals surface area contributed by atoms with Crippen molar-refractivity contribution in [1.29, 1.82) is 0 Å². The molecule has 0 spiro atoms. The molecule has 2 aromatic rings. The first-order valence-electron chi connectivity index (χ1n) is 6.51. The fraction of sp³-hybridized carbons (Fsp3) is 0.188. The Morgan fingerprint density at radius 1 is 1.14 bits per heavy atom. The van der Waals surface area contributed by atoms with Crippen molar-refractivity contribution >= 4 is 21.9 Å². The Morgan fingerprint density at radius 3 is 2.38 bits per heavy atom. The molecule has 0 unspecified atom stereocenters. The van der Waals surface area contributed by atoms with Gasteiger partial charge in [-0.3, -0.25) is 0 Å². The predicted octanol–water partition coefficient (Wildman–Crippen LogP) is 2.41. The minimum Gasteiger partial charge on any atom is -0.481 e. The molecule has 2 aromatic carbocycles. The lowest BCUT2D eigenvalue weighted by molar-refractivity contribution is -0.386. The molecule has 0 saturated carbocycles. The molecule has 2 rings (SSSR count). The van der Waals surface area contributed by atoms with Gasteiger partial charge in [-0.05, 0) is 39.2 Å². The van der Waals surface area contributed by atoms with E-state index >= 15 is 0 Å². The Morgan fingerprint density at radius 2 is 1.81 bits per heavy atom. The van der Waals surface area contributed by atoms with Crippen LogP contribution in [0.25, 0.3) is 11.1 Å². The topological polar surface area (TPSA) is 63.2 Å². The van der Waals surface area contributed by atoms with Gasteiger partial charge < -0.3 is 15.2 Å². The molecule has 0 heterocycles. The third kappa shape index (κ3) is 4.06. The molecule has 110 valence electrons. The molecule has 21 heavy (non-hydrogen) atoms. The molecule has 0 bridgehead atoms. The number of hydrogen-bond donors (Lipinski definition) is 1. The van der Waals surface area contributed by atoms with Gasteiger partial charge in [0.1, 0.15) is 5.75 Å². The van der Waals surface area contributed by atoms with Crippen LogP contribution in [-0.4, -0.2) is 19.7 Å². The van der Waals surface area contributed by atoms with Gasteiger partial charge >= 0.3 is 5.97 Å². The summed E-state index contributed by atoms with van der Waals surface area (Å²) in [5, 5.41) is 0. The van der Waals surface area contributed by atoms with Crippen LogP contribution in [0.1, 0.15) is 5.56 Å². The molecule has 0 saturated heterocycles. The zero-order chi connectivity index (χ0) is 15.2. The van der Waals surface area contributed by atoms with Crippen molar-refractivity contribution in [3.8, 4) is 16.9 Å². The van der Waals surface area contributed by atoms with Crippen LogP contribution in [0.3, 0.4) is 0 Å². The molecular weight excluding hydrogens is 334 g/mol. The maximum Gasteiger partial charge on any atom is 0.343 e. The summed E-state index contributed by atoms with van der Waals surface area (Å²) < 4.78 is 10.7. The van der Waals surface area contributed by atoms with E-state index in [1.807, 2.05) is 18.2 Å². The Hall–Kier alpha value is -1.85. The van der Waals surface area contributed by atoms with Gasteiger partial charge in [0.2, 0.25) is 0 Å². The number of hydrogen-bond acceptors (Lipinski definition) is 3. The summed E-state index contributed by atoms with van der Waals surface area (Å²) in [5.41, 5.74) is 7.26. The standard InChI is InChI=1S/C16H16BrNO3/c1-20-16(19)10-21-15-7-6-13(8-14(15)17)12-4-2-11(9-18)3-5-12/h2-8H,9-10,18H2,1H3/p+1. The van der Waals surface area contributed by atoms with Crippen molar-refractivity contribution in [3.05, 3.63) is 52.5 Å². The van der Waals surface area contributed by atoms with Gasteiger partial charge in [-0.25, -0.2) is 4.79 Å². The number of benzene rings is 2. The Bertz CT molecular complexity index is 626. The largest absolute Gasteiger partial charge is 0.481 e. The van der Waals surface area contributed by atoms with E-state index in [-0.39, 0.29) is 6.61 Å². The summed E-state index contributed by atoms with van der Waals surface area (Å²) >= 11 is 3.46. The fourth-order valence-corrected chi connectivity index (χ4v) is 2.35. The smallest absolute Gasteiger partial charge is 0.343 e. The molecule has 0 aliphatic rings. The predicted molar refractivity (Wildman–Crippen MR) is 83.7 cm³/mol. The number of ether oxygens (including phenoxy) is 2. The maximum absolute atomic E-state index is 11.1. The zero-order valence-electron chi connectivity index (χ0n) is 11.8. The second-order valence-electron chi connectivity index (χ2n) is 4.46. The molecule has 0 aliphatic heterocycles. The van der Waals surface area contributed by atoms with Crippen molar-refractivity contribution in [2.75, 3.05) is 13.7 Å². The molecule has 4 nitrogen and oxygen atoms in total. The highest BCUT2D eigenvalue weighted by Gasteiger charge is 2.07. The molecule has 0 aliphatic carbocycles. The Balaban J connectivity index is 2.15. The van der Waals surface area contributed by atoms with Crippen molar-refractivity contribution < 1.29 is 20.0 Å². The lowest BCUT2D eigenvalue weighted by atomic mass is 10.0. The van der Waals surface area contributed by atoms with E-state index in [1.54, 1.807) is 0 Å². The summed E-state index contributed by atoms with van der Waals surface area (Å²) in [4.78, 5) is 11.1. The van der Waals surface area contributed by atoms with E-state index in [0.717, 1.165) is 22.1 Å². The van der Waals surface area contributed by atoms with Gasteiger partial charge in [0.25, 0.3) is 0 Å². The number of methoxy groups -OCH3 is 1. The van der Waals surface area contributed by atoms with Crippen molar-refractivity contribution in [2.45, 2.75) is 6.54 Å². The Labute approximate surface area is 132 Å². The van der Waals surface area contributed by atoms with Crippen LogP contribution in [0, 0.1) is 0 Å². The van der Waals surface area contributed by atoms with Gasteiger partial charge in [0, 0.05) is 5.56 Å². The van der Waals surface area contributed by atoms with Crippen LogP contribution in [0.4, 0.5) is 0 Å². The minimum atomic E-state index is -0.408. The van der Waals surface area contributed by atoms with Crippen LogP contribution in [0.2, 0.25) is 0 Å². The van der Waals surface area contributed by atoms with Gasteiger partial charge in [-0.1, -0.05) is 30.3 Å². The SMILES string of the molecule is COC(=O)COc1ccc(-c2ccc(C[NH3+])cc2)cc1Br. The molecule has 5 heteroatoms. The third-order valence-corrected chi connectivity index (χ3v) is 3.70. The average Bonchev–Trinajstić information content (AvgIpc) is 2.53.